The van der Waals surface area contributed by atoms with Crippen LogP contribution in [0.5, 0.6) is 0 Å². The van der Waals surface area contributed by atoms with Gasteiger partial charge in [-0.1, -0.05) is 23.8 Å². The molecule has 4 nitrogen and oxygen atoms in total. The summed E-state index contributed by atoms with van der Waals surface area (Å²) in [5, 5.41) is 0. The molecule has 2 rings (SSSR count). The van der Waals surface area contributed by atoms with Crippen molar-refractivity contribution in [3.05, 3.63) is 41.6 Å². The minimum Gasteiger partial charge on any atom is -0.375 e. The Morgan fingerprint density at radius 2 is 1.95 bits per heavy atom. The molecular formula is C14H19NO3S. The monoisotopic (exact) mass is 281 g/mol. The third kappa shape index (κ3) is 3.36. The molecule has 0 fully saturated rings. The zero-order valence-corrected chi connectivity index (χ0v) is 12.0. The average molecular weight is 281 g/mol. The number of aryl methyl sites for hydroxylation is 1. The van der Waals surface area contributed by atoms with E-state index >= 15 is 0 Å². The second kappa shape index (κ2) is 5.75. The fourth-order valence-corrected chi connectivity index (χ4v) is 3.27. The minimum atomic E-state index is -3.52. The van der Waals surface area contributed by atoms with Gasteiger partial charge in [0.25, 0.3) is 10.0 Å². The molecule has 0 aromatic heterocycles. The van der Waals surface area contributed by atoms with Crippen molar-refractivity contribution in [2.45, 2.75) is 37.2 Å². The molecule has 1 unspecified atom stereocenters. The van der Waals surface area contributed by atoms with E-state index in [0.717, 1.165) is 24.8 Å². The summed E-state index contributed by atoms with van der Waals surface area (Å²) < 4.78 is 32.5. The van der Waals surface area contributed by atoms with Crippen LogP contribution in [0.25, 0.3) is 0 Å². The summed E-state index contributed by atoms with van der Waals surface area (Å²) in [4.78, 5) is 0.277. The SMILES string of the molecule is COC1CCCC=C1NS(=O)(=O)c1ccc(C)cc1. The van der Waals surface area contributed by atoms with Gasteiger partial charge in [0.2, 0.25) is 0 Å². The fourth-order valence-electron chi connectivity index (χ4n) is 2.13. The second-order valence-corrected chi connectivity index (χ2v) is 6.42. The zero-order valence-electron chi connectivity index (χ0n) is 11.2. The highest BCUT2D eigenvalue weighted by atomic mass is 32.2. The molecule has 0 heterocycles. The lowest BCUT2D eigenvalue weighted by Gasteiger charge is -2.23. The zero-order chi connectivity index (χ0) is 13.9. The van der Waals surface area contributed by atoms with Crippen molar-refractivity contribution in [3.8, 4) is 0 Å². The third-order valence-corrected chi connectivity index (χ3v) is 4.65. The van der Waals surface area contributed by atoms with Gasteiger partial charge in [-0.05, 0) is 38.3 Å². The van der Waals surface area contributed by atoms with E-state index in [1.54, 1.807) is 31.4 Å². The lowest BCUT2D eigenvalue weighted by atomic mass is 10.0. The van der Waals surface area contributed by atoms with E-state index in [1.165, 1.54) is 0 Å². The van der Waals surface area contributed by atoms with E-state index < -0.39 is 10.0 Å². The van der Waals surface area contributed by atoms with Gasteiger partial charge in [-0.2, -0.15) is 0 Å². The van der Waals surface area contributed by atoms with Crippen molar-refractivity contribution < 1.29 is 13.2 Å². The maximum absolute atomic E-state index is 12.3. The predicted octanol–water partition coefficient (Wildman–Crippen LogP) is 2.36. The third-order valence-electron chi connectivity index (χ3n) is 3.25. The van der Waals surface area contributed by atoms with Crippen molar-refractivity contribution in [1.29, 1.82) is 0 Å². The molecule has 0 amide bonds. The topological polar surface area (TPSA) is 55.4 Å². The van der Waals surface area contributed by atoms with Crippen molar-refractivity contribution in [1.82, 2.24) is 4.72 Å². The Bertz CT molecular complexity index is 561. The fraction of sp³-hybridized carbons (Fsp3) is 0.429. The van der Waals surface area contributed by atoms with Crippen LogP contribution in [0, 0.1) is 6.92 Å². The molecule has 1 N–H and O–H groups in total. The molecule has 0 aliphatic heterocycles. The Hall–Kier alpha value is -1.33. The molecule has 1 aromatic rings. The van der Waals surface area contributed by atoms with Gasteiger partial charge in [-0.25, -0.2) is 8.42 Å². The number of benzene rings is 1. The van der Waals surface area contributed by atoms with Gasteiger partial charge in [-0.3, -0.25) is 4.72 Å². The number of hydrogen-bond acceptors (Lipinski definition) is 3. The Kier molecular flexibility index (Phi) is 4.27. The molecule has 0 spiro atoms. The lowest BCUT2D eigenvalue weighted by molar-refractivity contribution is 0.115. The predicted molar refractivity (Wildman–Crippen MR) is 74.2 cm³/mol. The summed E-state index contributed by atoms with van der Waals surface area (Å²) in [5.41, 5.74) is 1.68. The van der Waals surface area contributed by atoms with Crippen molar-refractivity contribution in [3.63, 3.8) is 0 Å². The van der Waals surface area contributed by atoms with Gasteiger partial charge in [-0.15, -0.1) is 0 Å². The summed E-state index contributed by atoms with van der Waals surface area (Å²) in [6, 6.07) is 6.81. The van der Waals surface area contributed by atoms with Gasteiger partial charge in [0.05, 0.1) is 16.7 Å². The number of allylic oxidation sites excluding steroid dienone is 1. The molecule has 1 aromatic carbocycles. The van der Waals surface area contributed by atoms with Crippen LogP contribution in [0.1, 0.15) is 24.8 Å². The van der Waals surface area contributed by atoms with E-state index in [2.05, 4.69) is 4.72 Å². The Labute approximate surface area is 114 Å². The molecule has 19 heavy (non-hydrogen) atoms. The van der Waals surface area contributed by atoms with Crippen LogP contribution in [0.15, 0.2) is 40.9 Å². The van der Waals surface area contributed by atoms with Gasteiger partial charge in [0.15, 0.2) is 0 Å². The summed E-state index contributed by atoms with van der Waals surface area (Å²) >= 11 is 0. The smallest absolute Gasteiger partial charge is 0.261 e. The number of ether oxygens (including phenoxy) is 1. The van der Waals surface area contributed by atoms with Crippen LogP contribution < -0.4 is 4.72 Å². The molecule has 0 bridgehead atoms. The number of hydrogen-bond donors (Lipinski definition) is 1. The van der Waals surface area contributed by atoms with Gasteiger partial charge in [0, 0.05) is 7.11 Å². The molecule has 0 saturated carbocycles. The van der Waals surface area contributed by atoms with Gasteiger partial charge in [0.1, 0.15) is 0 Å². The highest BCUT2D eigenvalue weighted by molar-refractivity contribution is 7.89. The minimum absolute atomic E-state index is 0.158. The molecule has 1 atom stereocenters. The van der Waals surface area contributed by atoms with Crippen LogP contribution in [-0.4, -0.2) is 21.6 Å². The maximum atomic E-state index is 12.3. The van der Waals surface area contributed by atoms with Crippen LogP contribution >= 0.6 is 0 Å². The summed E-state index contributed by atoms with van der Waals surface area (Å²) in [6.07, 6.45) is 4.50. The van der Waals surface area contributed by atoms with Crippen LogP contribution in [0.4, 0.5) is 0 Å². The quantitative estimate of drug-likeness (QED) is 0.921. The average Bonchev–Trinajstić information content (AvgIpc) is 2.39. The Morgan fingerprint density at radius 1 is 1.26 bits per heavy atom. The molecule has 5 heteroatoms. The molecule has 104 valence electrons. The Morgan fingerprint density at radius 3 is 2.58 bits per heavy atom. The van der Waals surface area contributed by atoms with Crippen molar-refractivity contribution in [2.75, 3.05) is 7.11 Å². The second-order valence-electron chi connectivity index (χ2n) is 4.73. The molecule has 0 radical (unpaired) electrons. The molecule has 1 aliphatic rings. The van der Waals surface area contributed by atoms with Crippen LogP contribution in [-0.2, 0) is 14.8 Å². The number of nitrogens with one attached hydrogen (secondary N) is 1. The Balaban J connectivity index is 2.21. The van der Waals surface area contributed by atoms with Gasteiger partial charge < -0.3 is 4.74 Å². The summed E-state index contributed by atoms with van der Waals surface area (Å²) in [7, 11) is -1.92. The number of methoxy groups -OCH3 is 1. The van der Waals surface area contributed by atoms with E-state index in [4.69, 9.17) is 4.74 Å². The van der Waals surface area contributed by atoms with E-state index in [0.29, 0.717) is 5.70 Å². The molecule has 0 saturated heterocycles. The van der Waals surface area contributed by atoms with E-state index in [9.17, 15) is 8.42 Å². The first-order valence-electron chi connectivity index (χ1n) is 6.35. The molecule has 1 aliphatic carbocycles. The van der Waals surface area contributed by atoms with Gasteiger partial charge >= 0.3 is 0 Å². The maximum Gasteiger partial charge on any atom is 0.261 e. The number of sulfonamides is 1. The standard InChI is InChI=1S/C14H19NO3S/c1-11-7-9-12(10-8-11)19(16,17)15-13-5-3-4-6-14(13)18-2/h5,7-10,14-15H,3-4,6H2,1-2H3. The lowest BCUT2D eigenvalue weighted by Crippen LogP contribution is -2.32. The first-order chi connectivity index (χ1) is 9.03. The van der Waals surface area contributed by atoms with Crippen molar-refractivity contribution in [2.24, 2.45) is 0 Å². The highest BCUT2D eigenvalue weighted by Gasteiger charge is 2.22. The van der Waals surface area contributed by atoms with E-state index in [-0.39, 0.29) is 11.0 Å². The first kappa shape index (κ1) is 14.1. The normalized spacial score (nSPS) is 19.9. The summed E-state index contributed by atoms with van der Waals surface area (Å²) in [6.45, 7) is 1.93. The highest BCUT2D eigenvalue weighted by Crippen LogP contribution is 2.21. The van der Waals surface area contributed by atoms with Crippen LogP contribution in [0.3, 0.4) is 0 Å². The van der Waals surface area contributed by atoms with Crippen LogP contribution in [0.2, 0.25) is 0 Å². The largest absolute Gasteiger partial charge is 0.375 e. The molecular weight excluding hydrogens is 262 g/mol. The first-order valence-corrected chi connectivity index (χ1v) is 7.83. The van der Waals surface area contributed by atoms with E-state index in [1.807, 2.05) is 13.0 Å². The number of rotatable bonds is 4. The summed E-state index contributed by atoms with van der Waals surface area (Å²) in [5.74, 6) is 0. The van der Waals surface area contributed by atoms with Crippen molar-refractivity contribution >= 4 is 10.0 Å².